The molecule has 0 unspecified atom stereocenters. The Kier molecular flexibility index (Phi) is 11.8. The highest BCUT2D eigenvalue weighted by atomic mass is 16.5. The molecule has 4 heterocycles. The fourth-order valence-electron chi connectivity index (χ4n) is 7.65. The fraction of sp³-hybridized carbons (Fsp3) is 0.463. The number of ether oxygens (including phenoxy) is 2. The van der Waals surface area contributed by atoms with Crippen molar-refractivity contribution < 1.29 is 28.7 Å². The molecule has 1 aromatic heterocycles. The number of hydrogen-bond acceptors (Lipinski definition) is 8. The average molecular weight is 738 g/mol. The van der Waals surface area contributed by atoms with E-state index in [4.69, 9.17) is 14.5 Å². The molecule has 2 fully saturated rings. The number of aromatic amines is 1. The summed E-state index contributed by atoms with van der Waals surface area (Å²) < 4.78 is 9.52. The molecule has 2 aromatic carbocycles. The molecule has 0 saturated carbocycles. The van der Waals surface area contributed by atoms with Gasteiger partial charge in [-0.1, -0.05) is 76.2 Å². The van der Waals surface area contributed by atoms with Gasteiger partial charge in [-0.25, -0.2) is 14.6 Å². The molecule has 4 amide bonds. The second kappa shape index (κ2) is 16.7. The quantitative estimate of drug-likeness (QED) is 0.207. The van der Waals surface area contributed by atoms with Crippen LogP contribution in [0.4, 0.5) is 9.59 Å². The minimum absolute atomic E-state index is 0.0837. The molecular weight excluding hydrogens is 686 g/mol. The van der Waals surface area contributed by atoms with Crippen LogP contribution in [-0.2, 0) is 19.1 Å². The number of aliphatic imine (C=N–C) groups is 1. The third-order valence-corrected chi connectivity index (χ3v) is 10.7. The van der Waals surface area contributed by atoms with E-state index in [2.05, 4.69) is 69.1 Å². The lowest BCUT2D eigenvalue weighted by molar-refractivity contribution is -0.135. The van der Waals surface area contributed by atoms with Gasteiger partial charge in [0, 0.05) is 31.4 Å². The molecule has 0 aliphatic carbocycles. The summed E-state index contributed by atoms with van der Waals surface area (Å²) in [7, 11) is 2.59. The molecule has 13 heteroatoms. The van der Waals surface area contributed by atoms with E-state index in [-0.39, 0.29) is 35.7 Å². The van der Waals surface area contributed by atoms with Gasteiger partial charge in [0.1, 0.15) is 17.9 Å². The maximum absolute atomic E-state index is 13.5. The Labute approximate surface area is 316 Å². The van der Waals surface area contributed by atoms with Gasteiger partial charge in [0.15, 0.2) is 0 Å². The molecule has 3 aromatic rings. The van der Waals surface area contributed by atoms with Crippen molar-refractivity contribution >= 4 is 35.3 Å². The van der Waals surface area contributed by atoms with Crippen LogP contribution in [0.3, 0.4) is 0 Å². The molecule has 3 aliphatic rings. The van der Waals surface area contributed by atoms with Crippen LogP contribution in [0, 0.1) is 11.8 Å². The summed E-state index contributed by atoms with van der Waals surface area (Å²) in [4.78, 5) is 67.5. The monoisotopic (exact) mass is 737 g/mol. The Hall–Kier alpha value is -5.46. The van der Waals surface area contributed by atoms with Crippen LogP contribution in [0.15, 0.2) is 65.9 Å². The zero-order valence-corrected chi connectivity index (χ0v) is 31.9. The van der Waals surface area contributed by atoms with Gasteiger partial charge >= 0.3 is 12.2 Å². The molecule has 0 bridgehead atoms. The number of allylic oxidation sites excluding steroid dienone is 1. The van der Waals surface area contributed by atoms with Gasteiger partial charge in [-0.3, -0.25) is 14.6 Å². The number of likely N-dealkylation sites (tertiary alicyclic amines) is 2. The normalized spacial score (nSPS) is 19.4. The first-order valence-corrected chi connectivity index (χ1v) is 18.8. The van der Waals surface area contributed by atoms with Gasteiger partial charge in [0.05, 0.1) is 38.2 Å². The Morgan fingerprint density at radius 2 is 1.20 bits per heavy atom. The highest BCUT2D eigenvalue weighted by Crippen LogP contribution is 2.34. The Morgan fingerprint density at radius 1 is 0.722 bits per heavy atom. The summed E-state index contributed by atoms with van der Waals surface area (Å²) in [6.07, 6.45) is 6.52. The van der Waals surface area contributed by atoms with Crippen molar-refractivity contribution in [1.29, 1.82) is 0 Å². The first kappa shape index (κ1) is 38.3. The zero-order valence-electron chi connectivity index (χ0n) is 31.9. The Balaban J connectivity index is 1.07. The summed E-state index contributed by atoms with van der Waals surface area (Å²) >= 11 is 0. The van der Waals surface area contributed by atoms with E-state index < -0.39 is 24.3 Å². The number of carbonyl (C=O) groups excluding carboxylic acids is 4. The molecule has 0 radical (unpaired) electrons. The van der Waals surface area contributed by atoms with Gasteiger partial charge < -0.3 is 34.9 Å². The van der Waals surface area contributed by atoms with Gasteiger partial charge in [-0.05, 0) is 65.3 Å². The minimum Gasteiger partial charge on any atom is -0.453 e. The van der Waals surface area contributed by atoms with E-state index in [1.165, 1.54) is 14.2 Å². The van der Waals surface area contributed by atoms with Crippen LogP contribution >= 0.6 is 0 Å². The highest BCUT2D eigenvalue weighted by molar-refractivity contribution is 6.04. The molecule has 4 atom stereocenters. The molecule has 13 nitrogen and oxygen atoms in total. The van der Waals surface area contributed by atoms with Crippen molar-refractivity contribution in [2.75, 3.05) is 27.3 Å². The largest absolute Gasteiger partial charge is 0.453 e. The number of alkyl carbamates (subject to hydrolysis) is 2. The van der Waals surface area contributed by atoms with E-state index in [1.807, 2.05) is 43.7 Å². The topological polar surface area (TPSA) is 158 Å². The fourth-order valence-corrected chi connectivity index (χ4v) is 7.65. The van der Waals surface area contributed by atoms with Crippen LogP contribution in [0.25, 0.3) is 28.0 Å². The molecule has 3 aliphatic heterocycles. The molecule has 54 heavy (non-hydrogen) atoms. The summed E-state index contributed by atoms with van der Waals surface area (Å²) in [5, 5.41) is 5.41. The Bertz CT molecular complexity index is 1900. The van der Waals surface area contributed by atoms with Gasteiger partial charge in [0.25, 0.3) is 0 Å². The van der Waals surface area contributed by atoms with Crippen molar-refractivity contribution in [2.24, 2.45) is 16.8 Å². The zero-order chi connectivity index (χ0) is 38.5. The van der Waals surface area contributed by atoms with Gasteiger partial charge in [-0.2, -0.15) is 0 Å². The van der Waals surface area contributed by atoms with Crippen molar-refractivity contribution in [2.45, 2.75) is 84.0 Å². The molecular formula is C41H51N7O6. The van der Waals surface area contributed by atoms with E-state index in [9.17, 15) is 19.2 Å². The molecule has 6 rings (SSSR count). The number of hydrogen-bond donors (Lipinski definition) is 3. The molecule has 3 N–H and O–H groups in total. The number of benzene rings is 2. The third-order valence-electron chi connectivity index (χ3n) is 10.7. The number of nitrogens with zero attached hydrogens (tertiary/aromatic N) is 4. The van der Waals surface area contributed by atoms with Crippen molar-refractivity contribution in [3.05, 3.63) is 72.3 Å². The number of carbonyl (C=O) groups is 4. The first-order chi connectivity index (χ1) is 26.0. The van der Waals surface area contributed by atoms with Crippen LogP contribution in [0.2, 0.25) is 0 Å². The van der Waals surface area contributed by atoms with Crippen LogP contribution in [0.1, 0.15) is 77.2 Å². The maximum atomic E-state index is 13.5. The van der Waals surface area contributed by atoms with E-state index in [0.717, 1.165) is 70.7 Å². The summed E-state index contributed by atoms with van der Waals surface area (Å²) in [5.74, 6) is 0.306. The second-order valence-electron chi connectivity index (χ2n) is 14.9. The average Bonchev–Trinajstić information content (AvgIpc) is 4.02. The number of aromatic nitrogens is 2. The Morgan fingerprint density at radius 3 is 1.72 bits per heavy atom. The molecule has 2 saturated heterocycles. The molecule has 286 valence electrons. The van der Waals surface area contributed by atoms with Gasteiger partial charge in [0.2, 0.25) is 11.8 Å². The number of amides is 4. The first-order valence-electron chi connectivity index (χ1n) is 18.8. The molecule has 0 spiro atoms. The smallest absolute Gasteiger partial charge is 0.407 e. The van der Waals surface area contributed by atoms with E-state index >= 15 is 0 Å². The third kappa shape index (κ3) is 8.19. The second-order valence-corrected chi connectivity index (χ2v) is 14.9. The number of H-pyrrole nitrogens is 1. The van der Waals surface area contributed by atoms with E-state index in [1.54, 1.807) is 6.20 Å². The van der Waals surface area contributed by atoms with E-state index in [0.29, 0.717) is 19.5 Å². The highest BCUT2D eigenvalue weighted by Gasteiger charge is 2.39. The number of rotatable bonds is 11. The summed E-state index contributed by atoms with van der Waals surface area (Å²) in [6.45, 7) is 8.87. The lowest BCUT2D eigenvalue weighted by atomic mass is 9.95. The number of nitrogens with one attached hydrogen (secondary N) is 3. The summed E-state index contributed by atoms with van der Waals surface area (Å²) in [6, 6.07) is 15.1. The van der Waals surface area contributed by atoms with Crippen LogP contribution in [-0.4, -0.2) is 94.9 Å². The standard InChI is InChI=1S/C41H51N7O6/c1-24(2)35(45-40(51)53-5)38(49)47-19-7-9-33(47)31-21-30(22-42-31)28-13-11-26(12-14-28)27-15-17-29(18-16-27)32-23-43-37(44-32)34-10-8-20-48(34)39(50)36(25(3)4)46-41(52)54-6/h11-18,22-25,33-36H,7-10,19-21H2,1-6H3,(H,43,44)(H,45,51)(H,46,52)/t33-,34-,35+,36+/m0/s1. The van der Waals surface area contributed by atoms with Gasteiger partial charge in [-0.15, -0.1) is 0 Å². The predicted molar refractivity (Wildman–Crippen MR) is 206 cm³/mol. The van der Waals surface area contributed by atoms with Crippen LogP contribution < -0.4 is 10.6 Å². The van der Waals surface area contributed by atoms with Crippen molar-refractivity contribution in [1.82, 2.24) is 30.4 Å². The van der Waals surface area contributed by atoms with Crippen molar-refractivity contribution in [3.63, 3.8) is 0 Å². The number of methoxy groups -OCH3 is 2. The maximum Gasteiger partial charge on any atom is 0.407 e. The minimum atomic E-state index is -0.684. The van der Waals surface area contributed by atoms with Crippen LogP contribution in [0.5, 0.6) is 0 Å². The lowest BCUT2D eigenvalue weighted by Crippen LogP contribution is -2.53. The SMILES string of the molecule is COC(=O)N[C@@H](C(=O)N1CCC[C@H]1C1=NC=C(c2ccc(-c3ccc(-c4cnc([C@@H]5CCCN5C(=O)[C@H](NC(=O)OC)C(C)C)[nH]4)cc3)cc2)C1)C(C)C. The van der Waals surface area contributed by atoms with Crippen molar-refractivity contribution in [3.8, 4) is 22.4 Å². The predicted octanol–water partition coefficient (Wildman–Crippen LogP) is 6.35. The lowest BCUT2D eigenvalue weighted by Gasteiger charge is -2.31. The number of imidazole rings is 1. The summed E-state index contributed by atoms with van der Waals surface area (Å²) in [5.41, 5.74) is 7.18.